The summed E-state index contributed by atoms with van der Waals surface area (Å²) >= 11 is 0. The minimum atomic E-state index is -0.107. The number of ketones is 2. The Kier molecular flexibility index (Phi) is 13.4. The first kappa shape index (κ1) is 28.3. The predicted molar refractivity (Wildman–Crippen MR) is 156 cm³/mol. The van der Waals surface area contributed by atoms with Gasteiger partial charge in [-0.1, -0.05) is 121 Å². The standard InChI is InChI=1S/C35H30O2/c1-30-17-11-12-18-31(2)20-16-28-35(37)26-10-6-4-8-22-33-24-14-13-23-32(29-33)21-7-3-5-9-25-34(36)27-15-19-30/h3-10,13-16,19-28H,29H2,1-2H3/b5-3+,6-4+,21-7-,22-8+,25-9+,26-10+,27-15+,28-16+,30-19-,31-20-. The molecule has 2 bridgehead atoms. The predicted octanol–water partition coefficient (Wildman–Crippen LogP) is 7.30. The topological polar surface area (TPSA) is 34.1 Å². The smallest absolute Gasteiger partial charge is 0.178 e. The first-order valence-electron chi connectivity index (χ1n) is 11.9. The summed E-state index contributed by atoms with van der Waals surface area (Å²) in [7, 11) is 0. The highest BCUT2D eigenvalue weighted by atomic mass is 16.1. The zero-order valence-corrected chi connectivity index (χ0v) is 21.2. The average molecular weight is 483 g/mol. The van der Waals surface area contributed by atoms with E-state index in [0.29, 0.717) is 0 Å². The van der Waals surface area contributed by atoms with Gasteiger partial charge in [-0.05, 0) is 78.7 Å². The van der Waals surface area contributed by atoms with Crippen LogP contribution < -0.4 is 0 Å². The van der Waals surface area contributed by atoms with Gasteiger partial charge in [0.15, 0.2) is 11.6 Å². The van der Waals surface area contributed by atoms with E-state index in [1.807, 2.05) is 74.6 Å². The lowest BCUT2D eigenvalue weighted by Crippen LogP contribution is -1.83. The lowest BCUT2D eigenvalue weighted by Gasteiger charge is -2.00. The van der Waals surface area contributed by atoms with Gasteiger partial charge in [0.05, 0.1) is 0 Å². The van der Waals surface area contributed by atoms with Crippen molar-refractivity contribution in [3.63, 3.8) is 0 Å². The fourth-order valence-corrected chi connectivity index (χ4v) is 2.89. The third-order valence-electron chi connectivity index (χ3n) is 4.74. The molecule has 0 aromatic heterocycles. The molecular formula is C35H30O2. The molecule has 2 rings (SSSR count). The molecule has 2 heteroatoms. The van der Waals surface area contributed by atoms with Gasteiger partial charge in [-0.25, -0.2) is 0 Å². The Morgan fingerprint density at radius 1 is 0.459 bits per heavy atom. The van der Waals surface area contributed by atoms with Crippen LogP contribution in [0.25, 0.3) is 0 Å². The molecular weight excluding hydrogens is 452 g/mol. The third kappa shape index (κ3) is 14.2. The minimum Gasteiger partial charge on any atom is -0.290 e. The fourth-order valence-electron chi connectivity index (χ4n) is 2.89. The zero-order valence-electron chi connectivity index (χ0n) is 21.2. The van der Waals surface area contributed by atoms with Crippen molar-refractivity contribution in [3.05, 3.63) is 156 Å². The van der Waals surface area contributed by atoms with E-state index < -0.39 is 0 Å². The largest absolute Gasteiger partial charge is 0.290 e. The van der Waals surface area contributed by atoms with Crippen LogP contribution in [-0.2, 0) is 9.59 Å². The second-order valence-electron chi connectivity index (χ2n) is 7.97. The average Bonchev–Trinajstić information content (AvgIpc) is 3.10. The lowest BCUT2D eigenvalue weighted by molar-refractivity contribution is -0.111. The third-order valence-corrected chi connectivity index (χ3v) is 4.74. The van der Waals surface area contributed by atoms with Crippen LogP contribution in [0.1, 0.15) is 20.3 Å². The first-order valence-corrected chi connectivity index (χ1v) is 11.9. The molecule has 0 heterocycles. The summed E-state index contributed by atoms with van der Waals surface area (Å²) in [6.45, 7) is 3.70. The van der Waals surface area contributed by atoms with Crippen molar-refractivity contribution in [1.29, 1.82) is 0 Å². The molecule has 0 amide bonds. The monoisotopic (exact) mass is 482 g/mol. The highest BCUT2D eigenvalue weighted by Gasteiger charge is 1.98. The first-order chi connectivity index (χ1) is 18.0. The van der Waals surface area contributed by atoms with Gasteiger partial charge in [-0.15, -0.1) is 0 Å². The van der Waals surface area contributed by atoms with Crippen molar-refractivity contribution in [2.24, 2.45) is 0 Å². The normalized spacial score (nSPS) is 26.9. The van der Waals surface area contributed by atoms with Crippen LogP contribution in [0.15, 0.2) is 156 Å². The second kappa shape index (κ2) is 17.5. The van der Waals surface area contributed by atoms with Crippen molar-refractivity contribution >= 4 is 11.6 Å². The van der Waals surface area contributed by atoms with E-state index in [-0.39, 0.29) is 11.6 Å². The van der Waals surface area contributed by atoms with Crippen molar-refractivity contribution in [1.82, 2.24) is 0 Å². The maximum Gasteiger partial charge on any atom is 0.178 e. The van der Waals surface area contributed by atoms with Crippen LogP contribution in [0.3, 0.4) is 0 Å². The van der Waals surface area contributed by atoms with E-state index >= 15 is 0 Å². The summed E-state index contributed by atoms with van der Waals surface area (Å²) in [4.78, 5) is 23.9. The molecule has 0 spiro atoms. The van der Waals surface area contributed by atoms with Crippen molar-refractivity contribution in [2.45, 2.75) is 20.3 Å². The summed E-state index contributed by atoms with van der Waals surface area (Å²) < 4.78 is 0. The van der Waals surface area contributed by atoms with E-state index in [1.165, 1.54) is 35.5 Å². The molecule has 0 saturated carbocycles. The fraction of sp³-hybridized carbons (Fsp3) is 0.0857. The van der Waals surface area contributed by atoms with Crippen LogP contribution in [0.4, 0.5) is 0 Å². The number of hydrogen-bond donors (Lipinski definition) is 0. The van der Waals surface area contributed by atoms with Gasteiger partial charge >= 0.3 is 0 Å². The summed E-state index contributed by atoms with van der Waals surface area (Å²) in [6.07, 6.45) is 40.7. The quantitative estimate of drug-likeness (QED) is 0.340. The summed E-state index contributed by atoms with van der Waals surface area (Å²) in [5.41, 5.74) is 3.92. The molecule has 0 aromatic rings. The molecule has 0 fully saturated rings. The van der Waals surface area contributed by atoms with E-state index in [0.717, 1.165) is 17.6 Å². The molecule has 0 atom stereocenters. The molecule has 2 aliphatic rings. The maximum atomic E-state index is 12.0. The molecule has 0 saturated heterocycles. The van der Waals surface area contributed by atoms with Gasteiger partial charge in [0.25, 0.3) is 0 Å². The van der Waals surface area contributed by atoms with Gasteiger partial charge in [0, 0.05) is 0 Å². The maximum absolute atomic E-state index is 12.0. The summed E-state index contributed by atoms with van der Waals surface area (Å²) in [5.74, 6) is 11.2. The molecule has 0 unspecified atom stereocenters. The van der Waals surface area contributed by atoms with Gasteiger partial charge in [0.1, 0.15) is 0 Å². The number of allylic oxidation sites excluding steroid dienone is 26. The molecule has 182 valence electrons. The molecule has 37 heavy (non-hydrogen) atoms. The minimum absolute atomic E-state index is 0.107. The van der Waals surface area contributed by atoms with Gasteiger partial charge in [-0.3, -0.25) is 9.59 Å². The Morgan fingerprint density at radius 3 is 1.27 bits per heavy atom. The Labute approximate surface area is 220 Å². The Hall–Kier alpha value is -4.92. The van der Waals surface area contributed by atoms with Crippen LogP contribution in [0, 0.1) is 23.7 Å². The Morgan fingerprint density at radius 2 is 0.838 bits per heavy atom. The van der Waals surface area contributed by atoms with Crippen molar-refractivity contribution < 1.29 is 9.59 Å². The summed E-state index contributed by atoms with van der Waals surface area (Å²) in [6, 6.07) is 0. The molecule has 2 nitrogen and oxygen atoms in total. The Bertz CT molecular complexity index is 1270. The molecule has 0 aromatic carbocycles. The van der Waals surface area contributed by atoms with Crippen molar-refractivity contribution in [3.8, 4) is 23.7 Å². The summed E-state index contributed by atoms with van der Waals surface area (Å²) in [5, 5.41) is 0. The highest BCUT2D eigenvalue weighted by Crippen LogP contribution is 2.17. The van der Waals surface area contributed by atoms with Crippen LogP contribution in [-0.4, -0.2) is 11.6 Å². The van der Waals surface area contributed by atoms with Crippen LogP contribution >= 0.6 is 0 Å². The lowest BCUT2D eigenvalue weighted by atomic mass is 10.0. The zero-order chi connectivity index (χ0) is 26.6. The second-order valence-corrected chi connectivity index (χ2v) is 7.97. The van der Waals surface area contributed by atoms with E-state index in [2.05, 4.69) is 35.8 Å². The van der Waals surface area contributed by atoms with Crippen LogP contribution in [0.5, 0.6) is 0 Å². The number of carbonyl (C=O) groups excluding carboxylic acids is 2. The van der Waals surface area contributed by atoms with Gasteiger partial charge < -0.3 is 0 Å². The molecule has 0 N–H and O–H groups in total. The number of fused-ring (bicyclic) bond motifs is 2. The number of hydrogen-bond acceptors (Lipinski definition) is 2. The van der Waals surface area contributed by atoms with Crippen LogP contribution in [0.2, 0.25) is 0 Å². The van der Waals surface area contributed by atoms with E-state index in [4.69, 9.17) is 0 Å². The van der Waals surface area contributed by atoms with E-state index in [1.54, 1.807) is 36.5 Å². The number of carbonyl (C=O) groups is 2. The van der Waals surface area contributed by atoms with Gasteiger partial charge in [0.2, 0.25) is 0 Å². The molecule has 0 aliphatic heterocycles. The Balaban J connectivity index is 2.21. The van der Waals surface area contributed by atoms with Crippen molar-refractivity contribution in [2.75, 3.05) is 0 Å². The number of rotatable bonds is 0. The SMILES string of the molecule is C/C1=C/C=C/C(=O)/C=C/C=C/C=C\C2=CC=CC=C(/C=C/C=C/C=C/C(=O)/C=C/C=C(/C)C#CC#C1)C2. The van der Waals surface area contributed by atoms with Gasteiger partial charge in [-0.2, -0.15) is 0 Å². The molecule has 0 radical (unpaired) electrons. The molecule has 2 aliphatic carbocycles. The van der Waals surface area contributed by atoms with E-state index in [9.17, 15) is 9.59 Å². The highest BCUT2D eigenvalue weighted by molar-refractivity contribution is 6.00.